The Balaban J connectivity index is 1.53. The van der Waals surface area contributed by atoms with E-state index in [1.165, 1.54) is 6.07 Å². The summed E-state index contributed by atoms with van der Waals surface area (Å²) in [6.07, 6.45) is 1.61. The molecule has 0 fully saturated rings. The van der Waals surface area contributed by atoms with Crippen LogP contribution in [0.5, 0.6) is 0 Å². The van der Waals surface area contributed by atoms with E-state index in [0.29, 0.717) is 39.4 Å². The van der Waals surface area contributed by atoms with Crippen molar-refractivity contribution in [1.82, 2.24) is 30.0 Å². The van der Waals surface area contributed by atoms with Gasteiger partial charge in [-0.1, -0.05) is 38.6 Å². The fourth-order valence-corrected chi connectivity index (χ4v) is 4.51. The Bertz CT molecular complexity index is 1610. The van der Waals surface area contributed by atoms with Crippen LogP contribution in [0, 0.1) is 5.82 Å². The number of carbonyl (C=O) groups excluding carboxylic acids is 1. The number of halogens is 3. The number of rotatable bonds is 9. The third kappa shape index (κ3) is 5.26. The molecule has 0 spiro atoms. The van der Waals surface area contributed by atoms with Crippen LogP contribution in [0.4, 0.5) is 19.0 Å². The number of anilines is 1. The van der Waals surface area contributed by atoms with Gasteiger partial charge in [0.2, 0.25) is 0 Å². The number of amides is 1. The van der Waals surface area contributed by atoms with Crippen LogP contribution >= 0.6 is 0 Å². The number of nitrogens with zero attached hydrogens (tertiary/aromatic N) is 5. The minimum absolute atomic E-state index is 0.00193. The number of benzene rings is 1. The maximum Gasteiger partial charge on any atom is 0.270 e. The van der Waals surface area contributed by atoms with Crippen molar-refractivity contribution in [2.45, 2.75) is 38.7 Å². The molecule has 1 aromatic carbocycles. The van der Waals surface area contributed by atoms with E-state index in [1.54, 1.807) is 41.2 Å². The Morgan fingerprint density at radius 1 is 1.20 bits per heavy atom. The monoisotopic (exact) mass is 551 g/mol. The van der Waals surface area contributed by atoms with Gasteiger partial charge in [0, 0.05) is 41.9 Å². The molecule has 0 saturated carbocycles. The number of ether oxygens (including phenoxy) is 1. The first-order valence-corrected chi connectivity index (χ1v) is 12.6. The number of alkyl halides is 2. The van der Waals surface area contributed by atoms with E-state index in [-0.39, 0.29) is 37.0 Å². The van der Waals surface area contributed by atoms with Crippen LogP contribution < -0.4 is 10.6 Å². The number of allylic oxidation sites excluding steroid dienone is 1. The van der Waals surface area contributed by atoms with E-state index in [0.717, 1.165) is 6.92 Å². The Kier molecular flexibility index (Phi) is 7.05. The molecule has 5 rings (SSSR count). The molecule has 1 aliphatic rings. The molecule has 2 N–H and O–H groups in total. The summed E-state index contributed by atoms with van der Waals surface area (Å²) in [6.45, 7) is 7.90. The molecule has 1 amide bonds. The van der Waals surface area contributed by atoms with Crippen LogP contribution in [-0.2, 0) is 16.7 Å². The van der Waals surface area contributed by atoms with Crippen molar-refractivity contribution in [1.29, 1.82) is 0 Å². The molecular formula is C28H28F3N7O2. The fraction of sp³-hybridized carbons (Fsp3) is 0.321. The molecule has 12 heteroatoms. The van der Waals surface area contributed by atoms with E-state index in [9.17, 15) is 18.0 Å². The summed E-state index contributed by atoms with van der Waals surface area (Å²) < 4.78 is 47.0. The normalized spacial score (nSPS) is 14.3. The SMILES string of the molecule is C=C1Nc2nc(-c3nn(Cc4ccccc4F)c4ncccc34)nc(C(=O)NCCOCC(C)(F)F)c2C1(C)C. The predicted octanol–water partition coefficient (Wildman–Crippen LogP) is 4.69. The highest BCUT2D eigenvalue weighted by Crippen LogP contribution is 2.44. The second-order valence-corrected chi connectivity index (χ2v) is 10.2. The maximum absolute atomic E-state index is 14.4. The summed E-state index contributed by atoms with van der Waals surface area (Å²) in [7, 11) is 0. The molecule has 0 atom stereocenters. The van der Waals surface area contributed by atoms with E-state index in [1.807, 2.05) is 13.8 Å². The number of aromatic nitrogens is 5. The molecule has 40 heavy (non-hydrogen) atoms. The van der Waals surface area contributed by atoms with Crippen molar-refractivity contribution in [2.24, 2.45) is 0 Å². The summed E-state index contributed by atoms with van der Waals surface area (Å²) in [6, 6.07) is 9.95. The highest BCUT2D eigenvalue weighted by molar-refractivity contribution is 5.98. The van der Waals surface area contributed by atoms with Crippen molar-refractivity contribution in [3.8, 4) is 11.5 Å². The summed E-state index contributed by atoms with van der Waals surface area (Å²) in [5.74, 6) is -3.28. The van der Waals surface area contributed by atoms with E-state index in [2.05, 4.69) is 37.3 Å². The molecule has 1 aliphatic heterocycles. The average Bonchev–Trinajstić information content (AvgIpc) is 3.37. The quantitative estimate of drug-likeness (QED) is 0.291. The average molecular weight is 552 g/mol. The van der Waals surface area contributed by atoms with Gasteiger partial charge in [-0.2, -0.15) is 5.10 Å². The summed E-state index contributed by atoms with van der Waals surface area (Å²) in [5.41, 5.74) is 1.90. The van der Waals surface area contributed by atoms with Gasteiger partial charge in [-0.05, 0) is 18.2 Å². The minimum Gasteiger partial charge on any atom is -0.373 e. The molecule has 208 valence electrons. The molecule has 9 nitrogen and oxygen atoms in total. The third-order valence-corrected chi connectivity index (χ3v) is 6.66. The van der Waals surface area contributed by atoms with E-state index < -0.39 is 23.9 Å². The lowest BCUT2D eigenvalue weighted by atomic mass is 9.84. The van der Waals surface area contributed by atoms with Crippen molar-refractivity contribution < 1.29 is 22.7 Å². The molecule has 4 heterocycles. The van der Waals surface area contributed by atoms with Crippen molar-refractivity contribution in [2.75, 3.05) is 25.1 Å². The molecule has 3 aromatic heterocycles. The van der Waals surface area contributed by atoms with Crippen LogP contribution in [0.25, 0.3) is 22.6 Å². The maximum atomic E-state index is 14.4. The number of hydrogen-bond acceptors (Lipinski definition) is 7. The third-order valence-electron chi connectivity index (χ3n) is 6.66. The van der Waals surface area contributed by atoms with Gasteiger partial charge in [0.05, 0.1) is 18.5 Å². The second kappa shape index (κ2) is 10.3. The van der Waals surface area contributed by atoms with Crippen molar-refractivity contribution in [3.05, 3.63) is 77.5 Å². The van der Waals surface area contributed by atoms with Gasteiger partial charge in [0.1, 0.15) is 29.6 Å². The summed E-state index contributed by atoms with van der Waals surface area (Å²) in [4.78, 5) is 27.1. The molecule has 0 bridgehead atoms. The number of pyridine rings is 1. The highest BCUT2D eigenvalue weighted by Gasteiger charge is 2.40. The molecule has 0 unspecified atom stereocenters. The first-order chi connectivity index (χ1) is 19.0. The molecule has 0 saturated heterocycles. The Hall–Kier alpha value is -4.32. The zero-order valence-electron chi connectivity index (χ0n) is 22.3. The number of nitrogens with one attached hydrogen (secondary N) is 2. The molecule has 0 aliphatic carbocycles. The van der Waals surface area contributed by atoms with Crippen LogP contribution in [0.2, 0.25) is 0 Å². The molecular weight excluding hydrogens is 523 g/mol. The van der Waals surface area contributed by atoms with Crippen LogP contribution in [-0.4, -0.2) is 56.3 Å². The van der Waals surface area contributed by atoms with Gasteiger partial charge in [0.15, 0.2) is 11.5 Å². The lowest BCUT2D eigenvalue weighted by molar-refractivity contribution is -0.0611. The lowest BCUT2D eigenvalue weighted by Gasteiger charge is -2.21. The highest BCUT2D eigenvalue weighted by atomic mass is 19.3. The van der Waals surface area contributed by atoms with E-state index in [4.69, 9.17) is 4.74 Å². The second-order valence-electron chi connectivity index (χ2n) is 10.2. The van der Waals surface area contributed by atoms with Crippen LogP contribution in [0.3, 0.4) is 0 Å². The number of hydrogen-bond donors (Lipinski definition) is 2. The Labute approximate surface area is 228 Å². The van der Waals surface area contributed by atoms with Gasteiger partial charge < -0.3 is 15.4 Å². The standard InChI is InChI=1S/C28H28F3N7O2/c1-16-27(2,3)20-22(26(39)33-12-13-40-15-28(4,30)31)35-24(36-23(20)34-16)21-18-9-7-11-32-25(18)38(37-21)14-17-8-5-6-10-19(17)29/h5-11H,1,12-15H2,2-4H3,(H,33,39)(H,34,35,36). The predicted molar refractivity (Wildman–Crippen MR) is 144 cm³/mol. The lowest BCUT2D eigenvalue weighted by Crippen LogP contribution is -2.32. The first-order valence-electron chi connectivity index (χ1n) is 12.6. The van der Waals surface area contributed by atoms with Crippen LogP contribution in [0.15, 0.2) is 54.9 Å². The molecule has 4 aromatic rings. The summed E-state index contributed by atoms with van der Waals surface area (Å²) in [5, 5.41) is 11.1. The largest absolute Gasteiger partial charge is 0.373 e. The van der Waals surface area contributed by atoms with Gasteiger partial charge in [-0.15, -0.1) is 0 Å². The van der Waals surface area contributed by atoms with Crippen LogP contribution in [0.1, 0.15) is 42.4 Å². The van der Waals surface area contributed by atoms with Crippen molar-refractivity contribution in [3.63, 3.8) is 0 Å². The van der Waals surface area contributed by atoms with Gasteiger partial charge in [-0.3, -0.25) is 4.79 Å². The van der Waals surface area contributed by atoms with Gasteiger partial charge in [-0.25, -0.2) is 32.8 Å². The molecule has 0 radical (unpaired) electrons. The minimum atomic E-state index is -2.96. The van der Waals surface area contributed by atoms with Crippen molar-refractivity contribution >= 4 is 22.8 Å². The van der Waals surface area contributed by atoms with Gasteiger partial charge >= 0.3 is 0 Å². The zero-order chi connectivity index (χ0) is 28.7. The fourth-order valence-electron chi connectivity index (χ4n) is 4.51. The number of fused-ring (bicyclic) bond motifs is 2. The van der Waals surface area contributed by atoms with Gasteiger partial charge in [0.25, 0.3) is 11.8 Å². The smallest absolute Gasteiger partial charge is 0.270 e. The first kappa shape index (κ1) is 27.3. The zero-order valence-corrected chi connectivity index (χ0v) is 22.3. The Morgan fingerprint density at radius 2 is 1.98 bits per heavy atom. The number of carbonyl (C=O) groups is 1. The Morgan fingerprint density at radius 3 is 2.73 bits per heavy atom. The summed E-state index contributed by atoms with van der Waals surface area (Å²) >= 11 is 0. The topological polar surface area (TPSA) is 107 Å². The van der Waals surface area contributed by atoms with E-state index >= 15 is 0 Å².